The normalized spacial score (nSPS) is 20.6. The molecule has 0 spiro atoms. The molecule has 1 saturated heterocycles. The highest BCUT2D eigenvalue weighted by Crippen LogP contribution is 2.30. The van der Waals surface area contributed by atoms with Gasteiger partial charge in [-0.25, -0.2) is 0 Å². The zero-order chi connectivity index (χ0) is 13.8. The lowest BCUT2D eigenvalue weighted by atomic mass is 9.96. The van der Waals surface area contributed by atoms with E-state index in [1.165, 1.54) is 32.1 Å². The van der Waals surface area contributed by atoms with E-state index in [1.54, 1.807) is 0 Å². The van der Waals surface area contributed by atoms with Crippen LogP contribution in [0.25, 0.3) is 0 Å². The van der Waals surface area contributed by atoms with Crippen LogP contribution in [0.5, 0.6) is 0 Å². The first-order valence-electron chi connectivity index (χ1n) is 7.73. The Kier molecular flexibility index (Phi) is 4.72. The minimum atomic E-state index is 0.888. The number of aromatic nitrogens is 2. The van der Waals surface area contributed by atoms with Crippen molar-refractivity contribution in [1.82, 2.24) is 9.78 Å². The quantitative estimate of drug-likeness (QED) is 0.909. The second kappa shape index (κ2) is 6.31. The molecule has 0 aromatic carbocycles. The molecule has 2 rings (SSSR count). The summed E-state index contributed by atoms with van der Waals surface area (Å²) in [4.78, 5) is 2.44. The second-order valence-corrected chi connectivity index (χ2v) is 5.73. The molecule has 0 bridgehead atoms. The monoisotopic (exact) mass is 264 g/mol. The molecule has 0 saturated carbocycles. The third-order valence-corrected chi connectivity index (χ3v) is 4.31. The number of nitrogens with zero attached hydrogens (tertiary/aromatic N) is 3. The third-order valence-electron chi connectivity index (χ3n) is 4.31. The maximum atomic E-state index is 6.26. The highest BCUT2D eigenvalue weighted by Gasteiger charge is 2.22. The van der Waals surface area contributed by atoms with Crippen LogP contribution in [-0.2, 0) is 13.5 Å². The van der Waals surface area contributed by atoms with E-state index in [2.05, 4.69) is 23.8 Å². The van der Waals surface area contributed by atoms with Gasteiger partial charge in [0.05, 0.1) is 11.4 Å². The number of anilines is 2. The number of nitrogen functional groups attached to an aromatic ring is 1. The minimum Gasteiger partial charge on any atom is -0.394 e. The van der Waals surface area contributed by atoms with E-state index in [1.807, 2.05) is 11.7 Å². The fourth-order valence-corrected chi connectivity index (χ4v) is 3.30. The van der Waals surface area contributed by atoms with Crippen molar-refractivity contribution in [2.75, 3.05) is 23.7 Å². The van der Waals surface area contributed by atoms with Crippen molar-refractivity contribution >= 4 is 11.5 Å². The SMILES string of the molecule is CCCC1CCCN(c2c(N)c(CC)nn2C)CC1. The molecule has 1 aliphatic rings. The van der Waals surface area contributed by atoms with Crippen LogP contribution in [-0.4, -0.2) is 22.9 Å². The van der Waals surface area contributed by atoms with Crippen molar-refractivity contribution in [3.63, 3.8) is 0 Å². The van der Waals surface area contributed by atoms with Gasteiger partial charge in [0.1, 0.15) is 5.82 Å². The maximum Gasteiger partial charge on any atom is 0.150 e. The molecule has 19 heavy (non-hydrogen) atoms. The van der Waals surface area contributed by atoms with Crippen molar-refractivity contribution in [2.24, 2.45) is 13.0 Å². The van der Waals surface area contributed by atoms with Gasteiger partial charge in [-0.1, -0.05) is 26.7 Å². The number of hydrogen-bond donors (Lipinski definition) is 1. The van der Waals surface area contributed by atoms with Crippen LogP contribution < -0.4 is 10.6 Å². The summed E-state index contributed by atoms with van der Waals surface area (Å²) >= 11 is 0. The Bertz CT molecular complexity index is 411. The smallest absolute Gasteiger partial charge is 0.150 e. The molecule has 1 aromatic rings. The Morgan fingerprint density at radius 2 is 2.05 bits per heavy atom. The number of nitrogens with two attached hydrogens (primary N) is 1. The van der Waals surface area contributed by atoms with Crippen LogP contribution >= 0.6 is 0 Å². The molecule has 0 aliphatic carbocycles. The van der Waals surface area contributed by atoms with Crippen LogP contribution in [0.1, 0.15) is 51.6 Å². The first-order valence-corrected chi connectivity index (χ1v) is 7.73. The largest absolute Gasteiger partial charge is 0.394 e. The number of hydrogen-bond acceptors (Lipinski definition) is 3. The van der Waals surface area contributed by atoms with Crippen LogP contribution in [0.3, 0.4) is 0 Å². The summed E-state index contributed by atoms with van der Waals surface area (Å²) in [6.07, 6.45) is 7.51. The summed E-state index contributed by atoms with van der Waals surface area (Å²) in [6.45, 7) is 6.64. The maximum absolute atomic E-state index is 6.26. The van der Waals surface area contributed by atoms with Gasteiger partial charge in [0.15, 0.2) is 0 Å². The summed E-state index contributed by atoms with van der Waals surface area (Å²) in [5, 5.41) is 4.54. The first kappa shape index (κ1) is 14.2. The van der Waals surface area contributed by atoms with Crippen molar-refractivity contribution in [2.45, 2.75) is 52.4 Å². The van der Waals surface area contributed by atoms with Crippen molar-refractivity contribution in [1.29, 1.82) is 0 Å². The summed E-state index contributed by atoms with van der Waals surface area (Å²) in [5.74, 6) is 2.03. The molecule has 2 N–H and O–H groups in total. The van der Waals surface area contributed by atoms with E-state index in [-0.39, 0.29) is 0 Å². The summed E-state index contributed by atoms with van der Waals surface area (Å²) in [5.41, 5.74) is 8.19. The predicted octanol–water partition coefficient (Wildman–Crippen LogP) is 2.97. The van der Waals surface area contributed by atoms with E-state index in [0.29, 0.717) is 0 Å². The summed E-state index contributed by atoms with van der Waals surface area (Å²) in [6, 6.07) is 0. The molecule has 108 valence electrons. The van der Waals surface area contributed by atoms with Crippen LogP contribution in [0.4, 0.5) is 11.5 Å². The van der Waals surface area contributed by atoms with Gasteiger partial charge in [-0.05, 0) is 31.6 Å². The molecule has 1 aromatic heterocycles. The molecule has 2 heterocycles. The lowest BCUT2D eigenvalue weighted by Gasteiger charge is -2.23. The van der Waals surface area contributed by atoms with E-state index < -0.39 is 0 Å². The lowest BCUT2D eigenvalue weighted by Crippen LogP contribution is -2.27. The minimum absolute atomic E-state index is 0.888. The zero-order valence-corrected chi connectivity index (χ0v) is 12.7. The highest BCUT2D eigenvalue weighted by atomic mass is 15.4. The lowest BCUT2D eigenvalue weighted by molar-refractivity contribution is 0.435. The third kappa shape index (κ3) is 3.04. The van der Waals surface area contributed by atoms with Crippen molar-refractivity contribution < 1.29 is 0 Å². The van der Waals surface area contributed by atoms with Gasteiger partial charge in [-0.15, -0.1) is 0 Å². The molecule has 4 nitrogen and oxygen atoms in total. The van der Waals surface area contributed by atoms with Crippen LogP contribution in [0.15, 0.2) is 0 Å². The molecular formula is C15H28N4. The van der Waals surface area contributed by atoms with Crippen molar-refractivity contribution in [3.8, 4) is 0 Å². The first-order chi connectivity index (χ1) is 9.17. The fraction of sp³-hybridized carbons (Fsp3) is 0.800. The average molecular weight is 264 g/mol. The average Bonchev–Trinajstić information content (AvgIpc) is 2.56. The molecule has 1 atom stereocenters. The van der Waals surface area contributed by atoms with E-state index in [9.17, 15) is 0 Å². The van der Waals surface area contributed by atoms with Gasteiger partial charge in [0, 0.05) is 20.1 Å². The standard InChI is InChI=1S/C15H28N4/c1-4-7-12-8-6-10-19(11-9-12)15-14(16)13(5-2)17-18(15)3/h12H,4-11,16H2,1-3H3. The molecule has 1 fully saturated rings. The van der Waals surface area contributed by atoms with E-state index in [4.69, 9.17) is 5.73 Å². The van der Waals surface area contributed by atoms with Crippen molar-refractivity contribution in [3.05, 3.63) is 5.69 Å². The van der Waals surface area contributed by atoms with Gasteiger partial charge in [0.2, 0.25) is 0 Å². The highest BCUT2D eigenvalue weighted by molar-refractivity contribution is 5.66. The van der Waals surface area contributed by atoms with E-state index >= 15 is 0 Å². The fourth-order valence-electron chi connectivity index (χ4n) is 3.30. The van der Waals surface area contributed by atoms with Gasteiger partial charge < -0.3 is 10.6 Å². The Morgan fingerprint density at radius 3 is 2.68 bits per heavy atom. The van der Waals surface area contributed by atoms with Crippen LogP contribution in [0.2, 0.25) is 0 Å². The topological polar surface area (TPSA) is 47.1 Å². The Hall–Kier alpha value is -1.19. The molecule has 1 aliphatic heterocycles. The Morgan fingerprint density at radius 1 is 1.26 bits per heavy atom. The van der Waals surface area contributed by atoms with Crippen LogP contribution in [0, 0.1) is 5.92 Å². The summed E-state index contributed by atoms with van der Waals surface area (Å²) in [7, 11) is 2.01. The molecular weight excluding hydrogens is 236 g/mol. The Balaban J connectivity index is 2.12. The zero-order valence-electron chi connectivity index (χ0n) is 12.7. The number of rotatable bonds is 4. The van der Waals surface area contributed by atoms with Gasteiger partial charge >= 0.3 is 0 Å². The van der Waals surface area contributed by atoms with Gasteiger partial charge in [-0.3, -0.25) is 4.68 Å². The van der Waals surface area contributed by atoms with Gasteiger partial charge in [0.25, 0.3) is 0 Å². The number of aryl methyl sites for hydroxylation is 2. The predicted molar refractivity (Wildman–Crippen MR) is 81.5 cm³/mol. The Labute approximate surface area is 117 Å². The van der Waals surface area contributed by atoms with E-state index in [0.717, 1.165) is 42.6 Å². The second-order valence-electron chi connectivity index (χ2n) is 5.73. The molecule has 0 amide bonds. The molecule has 4 heteroatoms. The molecule has 1 unspecified atom stereocenters. The van der Waals surface area contributed by atoms with Gasteiger partial charge in [-0.2, -0.15) is 5.10 Å². The molecule has 0 radical (unpaired) electrons. The summed E-state index contributed by atoms with van der Waals surface area (Å²) < 4.78 is 1.97.